The third-order valence-corrected chi connectivity index (χ3v) is 1.02. The van der Waals surface area contributed by atoms with Gasteiger partial charge < -0.3 is 0 Å². The molecule has 0 spiro atoms. The summed E-state index contributed by atoms with van der Waals surface area (Å²) in [6.45, 7) is 0. The van der Waals surface area contributed by atoms with Crippen molar-refractivity contribution in [1.82, 2.24) is 15.2 Å². The van der Waals surface area contributed by atoms with Crippen LogP contribution in [0.4, 0.5) is 0 Å². The van der Waals surface area contributed by atoms with Crippen molar-refractivity contribution in [3.8, 4) is 0 Å². The first-order valence-electron chi connectivity index (χ1n) is 1.72. The van der Waals surface area contributed by atoms with E-state index in [4.69, 9.17) is 0 Å². The average Bonchev–Trinajstić information content (AvgIpc) is 1.86. The van der Waals surface area contributed by atoms with Gasteiger partial charge in [-0.2, -0.15) is 0 Å². The summed E-state index contributed by atoms with van der Waals surface area (Å²) in [5.41, 5.74) is 0. The van der Waals surface area contributed by atoms with Crippen molar-refractivity contribution in [2.45, 2.75) is 0 Å². The zero-order valence-electron chi connectivity index (χ0n) is 3.47. The molecule has 0 aliphatic carbocycles. The summed E-state index contributed by atoms with van der Waals surface area (Å²) in [7, 11) is 0. The van der Waals surface area contributed by atoms with E-state index in [0.29, 0.717) is 0 Å². The zero-order chi connectivity index (χ0) is 4.41. The van der Waals surface area contributed by atoms with Gasteiger partial charge in [-0.05, 0) is 0 Å². The molecule has 26 valence electrons. The van der Waals surface area contributed by atoms with Crippen molar-refractivity contribution in [3.63, 3.8) is 0 Å². The molecule has 0 amide bonds. The van der Waals surface area contributed by atoms with E-state index in [9.17, 15) is 0 Å². The third kappa shape index (κ3) is 0.801. The number of hydrogen-bond donors (Lipinski definition) is 1. The van der Waals surface area contributed by atoms with Gasteiger partial charge in [0.1, 0.15) is 0 Å². The van der Waals surface area contributed by atoms with Crippen molar-refractivity contribution < 1.29 is 0 Å². The Hall–Kier alpha value is 0.140. The predicted octanol–water partition coefficient (Wildman–Crippen LogP) is -1.40. The molecule has 0 unspecified atom stereocenters. The Morgan fingerprint density at radius 3 is 2.83 bits per heavy atom. The van der Waals surface area contributed by atoms with Crippen LogP contribution in [0.1, 0.15) is 0 Å². The second-order valence-corrected chi connectivity index (χ2v) is 1.94. The summed E-state index contributed by atoms with van der Waals surface area (Å²) in [6.07, 6.45) is 1.59. The summed E-state index contributed by atoms with van der Waals surface area (Å²) in [5.74, 6) is 0. The molecule has 4 heteroatoms. The molecular weight excluding hydrogens is 89.0 g/mol. The van der Waals surface area contributed by atoms with Gasteiger partial charge in [0.2, 0.25) is 0 Å². The Balaban J connectivity index is 3.05. The van der Waals surface area contributed by atoms with Crippen LogP contribution < -0.4 is 3.07 Å². The van der Waals surface area contributed by atoms with E-state index >= 15 is 0 Å². The van der Waals surface area contributed by atoms with Crippen molar-refractivity contribution >= 4 is 31.0 Å². The monoisotopic (exact) mass is 91.0 g/mol. The first-order chi connectivity index (χ1) is 2.89. The number of hydrogen-bond acceptors (Lipinski definition) is 2. The van der Waals surface area contributed by atoms with Crippen LogP contribution in [0.15, 0.2) is 6.33 Å². The predicted molar refractivity (Wildman–Crippen MR) is 21.8 cm³/mol. The quantitative estimate of drug-likeness (QED) is 0.399. The van der Waals surface area contributed by atoms with Crippen LogP contribution in [0.25, 0.3) is 0 Å². The Morgan fingerprint density at radius 2 is 2.67 bits per heavy atom. The number of aromatic nitrogens is 3. The molecule has 3 nitrogen and oxygen atoms in total. The average molecular weight is 91.0 g/mol. The van der Waals surface area contributed by atoms with Crippen LogP contribution in [-0.4, -0.2) is 43.1 Å². The van der Waals surface area contributed by atoms with Crippen LogP contribution in [-0.2, 0) is 0 Å². The molecule has 0 aliphatic rings. The maximum absolute atomic E-state index is 3.81. The Kier molecular flexibility index (Phi) is 1.24. The number of nitrogens with zero attached hydrogens (tertiary/aromatic N) is 2. The van der Waals surface area contributed by atoms with Gasteiger partial charge in [0, 0.05) is 0 Å². The van der Waals surface area contributed by atoms with E-state index in [1.165, 1.54) is 0 Å². The van der Waals surface area contributed by atoms with Gasteiger partial charge in [0.25, 0.3) is 0 Å². The van der Waals surface area contributed by atoms with Crippen LogP contribution >= 0.6 is 0 Å². The minimum absolute atomic E-state index is 0.926. The van der Waals surface area contributed by atoms with E-state index in [2.05, 4.69) is 15.2 Å². The van der Waals surface area contributed by atoms with E-state index in [1.807, 2.05) is 0 Å². The molecular formula is C2H2N3Na. The maximum atomic E-state index is 3.81. The topological polar surface area (TPSA) is 41.6 Å². The summed E-state index contributed by atoms with van der Waals surface area (Å²) in [6, 6.07) is 0. The van der Waals surface area contributed by atoms with Crippen molar-refractivity contribution in [2.75, 3.05) is 0 Å². The normalized spacial score (nSPS) is 9.00. The molecule has 1 aromatic heterocycles. The van der Waals surface area contributed by atoms with Crippen LogP contribution in [0, 0.1) is 0 Å². The zero-order valence-corrected chi connectivity index (χ0v) is 5.47. The molecule has 1 aromatic rings. The molecule has 0 bridgehead atoms. The van der Waals surface area contributed by atoms with E-state index < -0.39 is 0 Å². The van der Waals surface area contributed by atoms with Crippen LogP contribution in [0.2, 0.25) is 0 Å². The fourth-order valence-electron chi connectivity index (χ4n) is 0.273. The van der Waals surface area contributed by atoms with Crippen LogP contribution in [0.5, 0.6) is 0 Å². The SMILES string of the molecule is [Na][c]1nc[nH]n1. The molecule has 0 saturated heterocycles. The first kappa shape index (κ1) is 4.30. The summed E-state index contributed by atoms with van der Waals surface area (Å²) in [4.78, 5) is 3.81. The van der Waals surface area contributed by atoms with Gasteiger partial charge in [-0.1, -0.05) is 0 Å². The second kappa shape index (κ2) is 1.73. The van der Waals surface area contributed by atoms with E-state index in [-0.39, 0.29) is 0 Å². The molecule has 0 saturated carbocycles. The van der Waals surface area contributed by atoms with Gasteiger partial charge in [-0.3, -0.25) is 0 Å². The summed E-state index contributed by atoms with van der Waals surface area (Å²) >= 11 is 0.943. The van der Waals surface area contributed by atoms with Gasteiger partial charge >= 0.3 is 52.5 Å². The molecule has 1 heterocycles. The molecule has 1 rings (SSSR count). The molecule has 0 fully saturated rings. The van der Waals surface area contributed by atoms with Crippen molar-refractivity contribution in [1.29, 1.82) is 0 Å². The summed E-state index contributed by atoms with van der Waals surface area (Å²) in [5, 5.41) is 6.35. The fourth-order valence-corrected chi connectivity index (χ4v) is 0.532. The van der Waals surface area contributed by atoms with Crippen LogP contribution in [0.3, 0.4) is 0 Å². The molecule has 0 aliphatic heterocycles. The van der Waals surface area contributed by atoms with E-state index in [1.54, 1.807) is 6.33 Å². The molecule has 0 aromatic carbocycles. The third-order valence-electron chi connectivity index (χ3n) is 0.535. The number of rotatable bonds is 0. The van der Waals surface area contributed by atoms with Gasteiger partial charge in [-0.15, -0.1) is 0 Å². The molecule has 0 radical (unpaired) electrons. The minimum atomic E-state index is 0.926. The van der Waals surface area contributed by atoms with Gasteiger partial charge in [0.05, 0.1) is 0 Å². The number of H-pyrrole nitrogens is 1. The Labute approximate surface area is 52.6 Å². The van der Waals surface area contributed by atoms with Gasteiger partial charge in [0.15, 0.2) is 0 Å². The Morgan fingerprint density at radius 1 is 1.83 bits per heavy atom. The fraction of sp³-hybridized carbons (Fsp3) is 0. The molecule has 6 heavy (non-hydrogen) atoms. The van der Waals surface area contributed by atoms with Crippen molar-refractivity contribution in [3.05, 3.63) is 6.33 Å². The second-order valence-electron chi connectivity index (χ2n) is 1.05. The van der Waals surface area contributed by atoms with Gasteiger partial charge in [-0.25, -0.2) is 0 Å². The number of aromatic amines is 1. The number of nitrogens with one attached hydrogen (secondary N) is 1. The standard InChI is InChI=1S/C2H2N3.Na/c1-3-2-5-4-1;/h1H,(H,3,4,5);. The molecule has 0 atom stereocenters. The summed E-state index contributed by atoms with van der Waals surface area (Å²) < 4.78 is 0.926. The first-order valence-corrected chi connectivity index (χ1v) is 2.72. The Bertz CT molecular complexity index is 112. The molecule has 1 N–H and O–H groups in total. The van der Waals surface area contributed by atoms with E-state index in [0.717, 1.165) is 31.0 Å². The van der Waals surface area contributed by atoms with Crippen molar-refractivity contribution in [2.24, 2.45) is 0 Å².